The summed E-state index contributed by atoms with van der Waals surface area (Å²) in [5.74, 6) is 1.02. The van der Waals surface area contributed by atoms with Gasteiger partial charge in [0.05, 0.1) is 12.7 Å². The molecule has 0 heterocycles. The van der Waals surface area contributed by atoms with Crippen LogP contribution in [0.3, 0.4) is 0 Å². The monoisotopic (exact) mass is 237 g/mol. The lowest BCUT2D eigenvalue weighted by molar-refractivity contribution is 0.0695. The van der Waals surface area contributed by atoms with E-state index in [1.807, 2.05) is 17.8 Å². The van der Waals surface area contributed by atoms with Gasteiger partial charge in [0.2, 0.25) is 0 Å². The summed E-state index contributed by atoms with van der Waals surface area (Å²) in [6.07, 6.45) is 3.70. The Morgan fingerprint density at radius 1 is 1.25 bits per heavy atom. The highest BCUT2D eigenvalue weighted by Gasteiger charge is 2.21. The SMILES string of the molecule is NC1CCC(OCCSc2ccccc2)C1. The van der Waals surface area contributed by atoms with E-state index in [-0.39, 0.29) is 0 Å². The van der Waals surface area contributed by atoms with E-state index in [2.05, 4.69) is 24.3 Å². The molecule has 1 saturated carbocycles. The van der Waals surface area contributed by atoms with Crippen molar-refractivity contribution in [1.82, 2.24) is 0 Å². The molecule has 0 saturated heterocycles. The molecule has 2 atom stereocenters. The van der Waals surface area contributed by atoms with E-state index in [4.69, 9.17) is 10.5 Å². The average Bonchev–Trinajstić information content (AvgIpc) is 2.72. The van der Waals surface area contributed by atoms with Crippen molar-refractivity contribution in [3.8, 4) is 0 Å². The van der Waals surface area contributed by atoms with Crippen molar-refractivity contribution in [1.29, 1.82) is 0 Å². The van der Waals surface area contributed by atoms with Gasteiger partial charge in [0.25, 0.3) is 0 Å². The summed E-state index contributed by atoms with van der Waals surface area (Å²) in [5.41, 5.74) is 5.84. The third kappa shape index (κ3) is 3.81. The first kappa shape index (κ1) is 12.0. The normalized spacial score (nSPS) is 24.8. The van der Waals surface area contributed by atoms with E-state index in [9.17, 15) is 0 Å². The first-order chi connectivity index (χ1) is 7.84. The molecule has 88 valence electrons. The quantitative estimate of drug-likeness (QED) is 0.631. The lowest BCUT2D eigenvalue weighted by Gasteiger charge is -2.10. The number of nitrogens with two attached hydrogens (primary N) is 1. The van der Waals surface area contributed by atoms with Crippen molar-refractivity contribution in [3.05, 3.63) is 30.3 Å². The molecule has 2 nitrogen and oxygen atoms in total. The maximum Gasteiger partial charge on any atom is 0.0590 e. The molecule has 1 aliphatic rings. The van der Waals surface area contributed by atoms with Crippen molar-refractivity contribution in [2.45, 2.75) is 36.3 Å². The largest absolute Gasteiger partial charge is 0.377 e. The second-order valence-electron chi connectivity index (χ2n) is 4.23. The highest BCUT2D eigenvalue weighted by Crippen LogP contribution is 2.21. The molecule has 2 unspecified atom stereocenters. The van der Waals surface area contributed by atoms with Gasteiger partial charge in [-0.05, 0) is 31.4 Å². The zero-order valence-electron chi connectivity index (χ0n) is 9.47. The first-order valence-electron chi connectivity index (χ1n) is 5.89. The Kier molecular flexibility index (Phi) is 4.69. The predicted molar refractivity (Wildman–Crippen MR) is 68.7 cm³/mol. The third-order valence-electron chi connectivity index (χ3n) is 2.87. The number of hydrogen-bond donors (Lipinski definition) is 1. The summed E-state index contributed by atoms with van der Waals surface area (Å²) in [6.45, 7) is 0.830. The summed E-state index contributed by atoms with van der Waals surface area (Å²) in [6, 6.07) is 10.8. The first-order valence-corrected chi connectivity index (χ1v) is 6.88. The minimum atomic E-state index is 0.367. The Morgan fingerprint density at radius 3 is 2.75 bits per heavy atom. The van der Waals surface area contributed by atoms with Crippen LogP contribution in [0.4, 0.5) is 0 Å². The van der Waals surface area contributed by atoms with Gasteiger partial charge >= 0.3 is 0 Å². The Labute approximate surface area is 102 Å². The van der Waals surface area contributed by atoms with E-state index in [1.54, 1.807) is 0 Å². The van der Waals surface area contributed by atoms with Crippen molar-refractivity contribution in [3.63, 3.8) is 0 Å². The average molecular weight is 237 g/mol. The van der Waals surface area contributed by atoms with Crippen molar-refractivity contribution in [2.75, 3.05) is 12.4 Å². The van der Waals surface area contributed by atoms with Crippen LogP contribution in [0.2, 0.25) is 0 Å². The number of benzene rings is 1. The van der Waals surface area contributed by atoms with E-state index in [0.29, 0.717) is 12.1 Å². The molecule has 0 bridgehead atoms. The molecule has 0 spiro atoms. The smallest absolute Gasteiger partial charge is 0.0590 e. The van der Waals surface area contributed by atoms with Crippen LogP contribution in [0.15, 0.2) is 35.2 Å². The van der Waals surface area contributed by atoms with Gasteiger partial charge in [0, 0.05) is 16.7 Å². The Morgan fingerprint density at radius 2 is 2.06 bits per heavy atom. The van der Waals surface area contributed by atoms with Crippen LogP contribution in [-0.2, 0) is 4.74 Å². The molecule has 1 fully saturated rings. The summed E-state index contributed by atoms with van der Waals surface area (Å²) in [7, 11) is 0. The fraction of sp³-hybridized carbons (Fsp3) is 0.538. The van der Waals surface area contributed by atoms with E-state index < -0.39 is 0 Å². The maximum atomic E-state index is 5.84. The summed E-state index contributed by atoms with van der Waals surface area (Å²) in [4.78, 5) is 1.31. The van der Waals surface area contributed by atoms with Gasteiger partial charge in [-0.2, -0.15) is 0 Å². The van der Waals surface area contributed by atoms with Crippen LogP contribution in [0.1, 0.15) is 19.3 Å². The van der Waals surface area contributed by atoms with Crippen LogP contribution in [0.25, 0.3) is 0 Å². The van der Waals surface area contributed by atoms with Crippen molar-refractivity contribution >= 4 is 11.8 Å². The standard InChI is InChI=1S/C13H19NOS/c14-11-6-7-12(10-11)15-8-9-16-13-4-2-1-3-5-13/h1-5,11-12H,6-10,14H2. The van der Waals surface area contributed by atoms with E-state index >= 15 is 0 Å². The zero-order valence-corrected chi connectivity index (χ0v) is 10.3. The molecule has 1 aliphatic carbocycles. The van der Waals surface area contributed by atoms with Crippen LogP contribution in [0.5, 0.6) is 0 Å². The highest BCUT2D eigenvalue weighted by molar-refractivity contribution is 7.99. The van der Waals surface area contributed by atoms with Gasteiger partial charge < -0.3 is 10.5 Å². The Balaban J connectivity index is 1.59. The van der Waals surface area contributed by atoms with E-state index in [0.717, 1.165) is 31.6 Å². The lowest BCUT2D eigenvalue weighted by atomic mass is 10.3. The summed E-state index contributed by atoms with van der Waals surface area (Å²) >= 11 is 1.85. The molecule has 0 radical (unpaired) electrons. The van der Waals surface area contributed by atoms with Crippen LogP contribution >= 0.6 is 11.8 Å². The number of ether oxygens (including phenoxy) is 1. The Hall–Kier alpha value is -0.510. The van der Waals surface area contributed by atoms with Crippen LogP contribution < -0.4 is 5.73 Å². The predicted octanol–water partition coefficient (Wildman–Crippen LogP) is 2.68. The molecule has 16 heavy (non-hydrogen) atoms. The molecule has 2 rings (SSSR count). The number of hydrogen-bond acceptors (Lipinski definition) is 3. The molecule has 0 aromatic heterocycles. The highest BCUT2D eigenvalue weighted by atomic mass is 32.2. The molecular formula is C13H19NOS. The third-order valence-corrected chi connectivity index (χ3v) is 3.85. The zero-order chi connectivity index (χ0) is 11.2. The van der Waals surface area contributed by atoms with Gasteiger partial charge in [0.15, 0.2) is 0 Å². The minimum Gasteiger partial charge on any atom is -0.377 e. The van der Waals surface area contributed by atoms with Crippen molar-refractivity contribution in [2.24, 2.45) is 5.73 Å². The molecule has 1 aromatic rings. The second kappa shape index (κ2) is 6.28. The van der Waals surface area contributed by atoms with E-state index in [1.165, 1.54) is 4.90 Å². The van der Waals surface area contributed by atoms with Gasteiger partial charge in [-0.25, -0.2) is 0 Å². The fourth-order valence-corrected chi connectivity index (χ4v) is 2.78. The van der Waals surface area contributed by atoms with Crippen LogP contribution in [0, 0.1) is 0 Å². The van der Waals surface area contributed by atoms with Gasteiger partial charge in [0.1, 0.15) is 0 Å². The van der Waals surface area contributed by atoms with Crippen LogP contribution in [-0.4, -0.2) is 24.5 Å². The van der Waals surface area contributed by atoms with Gasteiger partial charge in [-0.15, -0.1) is 11.8 Å². The molecule has 2 N–H and O–H groups in total. The van der Waals surface area contributed by atoms with Gasteiger partial charge in [-0.1, -0.05) is 18.2 Å². The molecular weight excluding hydrogens is 218 g/mol. The summed E-state index contributed by atoms with van der Waals surface area (Å²) < 4.78 is 5.79. The Bertz CT molecular complexity index is 304. The maximum absolute atomic E-state index is 5.84. The minimum absolute atomic E-state index is 0.367. The topological polar surface area (TPSA) is 35.2 Å². The fourth-order valence-electron chi connectivity index (χ4n) is 2.02. The second-order valence-corrected chi connectivity index (χ2v) is 5.40. The lowest BCUT2D eigenvalue weighted by Crippen LogP contribution is -2.18. The van der Waals surface area contributed by atoms with Gasteiger partial charge in [-0.3, -0.25) is 0 Å². The molecule has 0 aliphatic heterocycles. The van der Waals surface area contributed by atoms with Crippen molar-refractivity contribution < 1.29 is 4.74 Å². The number of rotatable bonds is 5. The number of thioether (sulfide) groups is 1. The summed E-state index contributed by atoms with van der Waals surface area (Å²) in [5, 5.41) is 0. The molecule has 3 heteroatoms. The molecule has 1 aromatic carbocycles. The molecule has 0 amide bonds.